The molecule has 0 aliphatic heterocycles. The minimum atomic E-state index is -0.394. The Balaban J connectivity index is 3.58. The lowest BCUT2D eigenvalue weighted by atomic mass is 10.6. The number of likely N-dealkylation sites (N-methyl/N-ethyl adjacent to an activating group) is 1. The molecule has 0 heterocycles. The molecule has 3 nitrogen and oxygen atoms in total. The van der Waals surface area contributed by atoms with Crippen LogP contribution < -0.4 is 11.1 Å². The Morgan fingerprint density at radius 2 is 2.29 bits per heavy atom. The number of amides is 1. The highest BCUT2D eigenvalue weighted by Gasteiger charge is 1.96. The molecule has 0 fully saturated rings. The molecular weight excluding hydrogens is 112 g/mol. The van der Waals surface area contributed by atoms with Crippen molar-refractivity contribution in [2.75, 3.05) is 7.05 Å². The van der Waals surface area contributed by atoms with Gasteiger partial charge in [-0.1, -0.05) is 12.2 Å². The standard InChI is InChI=1S/C3H6N2OS/c1-5-3(6)2(4)7/h1H3,(H2,4,7)(H,5,6). The van der Waals surface area contributed by atoms with Crippen molar-refractivity contribution in [3.63, 3.8) is 0 Å². The lowest BCUT2D eigenvalue weighted by molar-refractivity contribution is -0.114. The van der Waals surface area contributed by atoms with Crippen LogP contribution in [0.15, 0.2) is 0 Å². The molecule has 7 heavy (non-hydrogen) atoms. The first-order valence-electron chi connectivity index (χ1n) is 1.70. The van der Waals surface area contributed by atoms with Crippen molar-refractivity contribution in [2.45, 2.75) is 0 Å². The van der Waals surface area contributed by atoms with Gasteiger partial charge in [-0.15, -0.1) is 0 Å². The Hall–Kier alpha value is -0.640. The van der Waals surface area contributed by atoms with Gasteiger partial charge in [-0.2, -0.15) is 0 Å². The number of nitrogens with one attached hydrogen (secondary N) is 1. The SMILES string of the molecule is CNC(=O)C(N)=S. The van der Waals surface area contributed by atoms with Crippen molar-refractivity contribution in [3.05, 3.63) is 0 Å². The van der Waals surface area contributed by atoms with Crippen LogP contribution >= 0.6 is 12.2 Å². The van der Waals surface area contributed by atoms with E-state index in [1.54, 1.807) is 0 Å². The lowest BCUT2D eigenvalue weighted by Gasteiger charge is -1.90. The first-order valence-corrected chi connectivity index (χ1v) is 2.11. The van der Waals surface area contributed by atoms with Gasteiger partial charge in [0.05, 0.1) is 0 Å². The average Bonchev–Trinajstić information content (AvgIpc) is 1.65. The van der Waals surface area contributed by atoms with Gasteiger partial charge in [-0.05, 0) is 0 Å². The molecule has 4 heteroatoms. The molecule has 0 saturated carbocycles. The summed E-state index contributed by atoms with van der Waals surface area (Å²) in [7, 11) is 1.47. The minimum absolute atomic E-state index is 0.123. The molecule has 40 valence electrons. The number of rotatable bonds is 0. The van der Waals surface area contributed by atoms with Gasteiger partial charge in [0, 0.05) is 7.05 Å². The number of hydrogen-bond donors (Lipinski definition) is 2. The number of carbonyl (C=O) groups is 1. The first-order chi connectivity index (χ1) is 3.18. The number of thiocarbonyl (C=S) groups is 1. The molecule has 0 aromatic heterocycles. The molecule has 0 saturated heterocycles. The highest BCUT2D eigenvalue weighted by Crippen LogP contribution is 1.60. The molecule has 0 bridgehead atoms. The maximum atomic E-state index is 10.1. The summed E-state index contributed by atoms with van der Waals surface area (Å²) in [5, 5.41) is 2.26. The second-order valence-electron chi connectivity index (χ2n) is 0.943. The quantitative estimate of drug-likeness (QED) is 0.402. The smallest absolute Gasteiger partial charge is 0.278 e. The van der Waals surface area contributed by atoms with Crippen LogP contribution in [0.25, 0.3) is 0 Å². The third-order valence-electron chi connectivity index (χ3n) is 0.451. The first kappa shape index (κ1) is 6.36. The van der Waals surface area contributed by atoms with Crippen molar-refractivity contribution >= 4 is 23.1 Å². The molecule has 3 N–H and O–H groups in total. The van der Waals surface area contributed by atoms with Crippen molar-refractivity contribution in [1.82, 2.24) is 5.32 Å². The summed E-state index contributed by atoms with van der Waals surface area (Å²) in [6, 6.07) is 0. The second kappa shape index (κ2) is 2.52. The fourth-order valence-corrected chi connectivity index (χ4v) is 0.225. The van der Waals surface area contributed by atoms with E-state index in [2.05, 4.69) is 17.5 Å². The van der Waals surface area contributed by atoms with Crippen LogP contribution in [0.2, 0.25) is 0 Å². The van der Waals surface area contributed by atoms with Crippen LogP contribution in [-0.2, 0) is 4.79 Å². The molecule has 0 atom stereocenters. The van der Waals surface area contributed by atoms with Gasteiger partial charge in [-0.3, -0.25) is 4.79 Å². The topological polar surface area (TPSA) is 55.1 Å². The van der Waals surface area contributed by atoms with Gasteiger partial charge in [0.2, 0.25) is 0 Å². The van der Waals surface area contributed by atoms with Crippen molar-refractivity contribution in [1.29, 1.82) is 0 Å². The molecule has 0 aromatic rings. The number of nitrogens with two attached hydrogens (primary N) is 1. The highest BCUT2D eigenvalue weighted by molar-refractivity contribution is 7.81. The molecule has 0 unspecified atom stereocenters. The third kappa shape index (κ3) is 2.11. The monoisotopic (exact) mass is 118 g/mol. The minimum Gasteiger partial charge on any atom is -0.385 e. The predicted octanol–water partition coefficient (Wildman–Crippen LogP) is -0.982. The van der Waals surface area contributed by atoms with Gasteiger partial charge < -0.3 is 11.1 Å². The maximum absolute atomic E-state index is 10.1. The zero-order valence-electron chi connectivity index (χ0n) is 3.89. The summed E-state index contributed by atoms with van der Waals surface area (Å²) in [5.41, 5.74) is 4.87. The Bertz CT molecular complexity index is 101. The Morgan fingerprint density at radius 1 is 1.86 bits per heavy atom. The zero-order valence-corrected chi connectivity index (χ0v) is 4.71. The van der Waals surface area contributed by atoms with E-state index in [1.165, 1.54) is 7.05 Å². The van der Waals surface area contributed by atoms with E-state index in [1.807, 2.05) is 0 Å². The van der Waals surface area contributed by atoms with Gasteiger partial charge >= 0.3 is 0 Å². The summed E-state index contributed by atoms with van der Waals surface area (Å²) in [5.74, 6) is -0.394. The molecule has 0 aliphatic rings. The van der Waals surface area contributed by atoms with Crippen molar-refractivity contribution < 1.29 is 4.79 Å². The van der Waals surface area contributed by atoms with Gasteiger partial charge in [0.15, 0.2) is 4.99 Å². The highest BCUT2D eigenvalue weighted by atomic mass is 32.1. The van der Waals surface area contributed by atoms with E-state index in [4.69, 9.17) is 5.73 Å². The van der Waals surface area contributed by atoms with E-state index in [-0.39, 0.29) is 4.99 Å². The van der Waals surface area contributed by atoms with Gasteiger partial charge in [0.1, 0.15) is 0 Å². The van der Waals surface area contributed by atoms with E-state index in [0.717, 1.165) is 0 Å². The third-order valence-corrected chi connectivity index (χ3v) is 0.636. The fraction of sp³-hybridized carbons (Fsp3) is 0.333. The summed E-state index contributed by atoms with van der Waals surface area (Å²) in [6.07, 6.45) is 0. The fourth-order valence-electron chi connectivity index (χ4n) is 0.123. The van der Waals surface area contributed by atoms with E-state index in [9.17, 15) is 4.79 Å². The zero-order chi connectivity index (χ0) is 5.86. The summed E-state index contributed by atoms with van der Waals surface area (Å²) in [4.78, 5) is 10.0. The molecular formula is C3H6N2OS. The van der Waals surface area contributed by atoms with Crippen LogP contribution in [0.4, 0.5) is 0 Å². The van der Waals surface area contributed by atoms with Gasteiger partial charge in [-0.25, -0.2) is 0 Å². The molecule has 1 amide bonds. The van der Waals surface area contributed by atoms with Gasteiger partial charge in [0.25, 0.3) is 5.91 Å². The second-order valence-corrected chi connectivity index (χ2v) is 1.38. The van der Waals surface area contributed by atoms with E-state index < -0.39 is 5.91 Å². The van der Waals surface area contributed by atoms with Crippen LogP contribution in [-0.4, -0.2) is 17.9 Å². The normalized spacial score (nSPS) is 7.57. The Morgan fingerprint density at radius 3 is 2.29 bits per heavy atom. The Kier molecular flexibility index (Phi) is 2.29. The van der Waals surface area contributed by atoms with E-state index >= 15 is 0 Å². The maximum Gasteiger partial charge on any atom is 0.278 e. The molecule has 0 radical (unpaired) electrons. The molecule has 0 aromatic carbocycles. The lowest BCUT2D eigenvalue weighted by Crippen LogP contribution is -2.31. The average molecular weight is 118 g/mol. The summed E-state index contributed by atoms with van der Waals surface area (Å²) < 4.78 is 0. The Labute approximate surface area is 46.9 Å². The largest absolute Gasteiger partial charge is 0.385 e. The molecule has 0 rings (SSSR count). The molecule has 0 spiro atoms. The van der Waals surface area contributed by atoms with Crippen LogP contribution in [0, 0.1) is 0 Å². The number of carbonyl (C=O) groups excluding carboxylic acids is 1. The predicted molar refractivity (Wildman–Crippen MR) is 30.9 cm³/mol. The number of hydrogen-bond acceptors (Lipinski definition) is 2. The van der Waals surface area contributed by atoms with Crippen LogP contribution in [0.1, 0.15) is 0 Å². The van der Waals surface area contributed by atoms with Crippen LogP contribution in [0.5, 0.6) is 0 Å². The van der Waals surface area contributed by atoms with Crippen LogP contribution in [0.3, 0.4) is 0 Å². The van der Waals surface area contributed by atoms with E-state index in [0.29, 0.717) is 0 Å². The van der Waals surface area contributed by atoms with Crippen molar-refractivity contribution in [2.24, 2.45) is 5.73 Å². The summed E-state index contributed by atoms with van der Waals surface area (Å²) in [6.45, 7) is 0. The molecule has 0 aliphatic carbocycles. The summed E-state index contributed by atoms with van der Waals surface area (Å²) >= 11 is 4.28. The van der Waals surface area contributed by atoms with Crippen molar-refractivity contribution in [3.8, 4) is 0 Å².